The zero-order valence-corrected chi connectivity index (χ0v) is 33.4. The third kappa shape index (κ3) is 23.3. The summed E-state index contributed by atoms with van der Waals surface area (Å²) >= 11 is 2.99. The largest absolute Gasteiger partial charge is 0.481 e. The number of carboxylic acids is 1. The number of unbranched alkanes of at least 4 members (excludes halogenated alkanes) is 2. The van der Waals surface area contributed by atoms with Crippen molar-refractivity contribution in [2.45, 2.75) is 148 Å². The van der Waals surface area contributed by atoms with E-state index in [1.165, 1.54) is 23.6 Å². The van der Waals surface area contributed by atoms with Crippen molar-refractivity contribution in [2.75, 3.05) is 23.9 Å². The summed E-state index contributed by atoms with van der Waals surface area (Å²) in [5, 5.41) is 21.5. The van der Waals surface area contributed by atoms with Crippen molar-refractivity contribution >= 4 is 71.3 Å². The number of carbonyl (C=O) groups excluding carboxylic acids is 7. The summed E-state index contributed by atoms with van der Waals surface area (Å²) in [7, 11) is 0. The van der Waals surface area contributed by atoms with Gasteiger partial charge < -0.3 is 31.7 Å². The first-order valence-electron chi connectivity index (χ1n) is 18.3. The van der Waals surface area contributed by atoms with Crippen LogP contribution in [-0.2, 0) is 38.4 Å². The Labute approximate surface area is 317 Å². The summed E-state index contributed by atoms with van der Waals surface area (Å²) in [6, 6.07) is -1.05. The molecule has 0 aromatic rings. The van der Waals surface area contributed by atoms with Crippen LogP contribution in [0.15, 0.2) is 0 Å². The Morgan fingerprint density at radius 2 is 1.52 bits per heavy atom. The van der Waals surface area contributed by atoms with E-state index in [1.54, 1.807) is 18.7 Å². The van der Waals surface area contributed by atoms with E-state index in [0.717, 1.165) is 37.9 Å². The highest BCUT2D eigenvalue weighted by Gasteiger charge is 2.38. The molecule has 4 atom stereocenters. The van der Waals surface area contributed by atoms with Gasteiger partial charge in [0.2, 0.25) is 41.9 Å². The van der Waals surface area contributed by atoms with Gasteiger partial charge in [-0.05, 0) is 77.7 Å². The minimum absolute atomic E-state index is 0.0126. The number of rotatable bonds is 27. The number of carboxylic acid groups (broad SMARTS) is 1. The Bertz CT molecular complexity index is 1140. The minimum Gasteiger partial charge on any atom is -0.481 e. The number of amides is 7. The molecule has 0 saturated carbocycles. The zero-order valence-electron chi connectivity index (χ0n) is 31.8. The van der Waals surface area contributed by atoms with Crippen molar-refractivity contribution in [1.29, 1.82) is 0 Å². The maximum absolute atomic E-state index is 12.5. The van der Waals surface area contributed by atoms with Crippen LogP contribution in [0.25, 0.3) is 0 Å². The van der Waals surface area contributed by atoms with Gasteiger partial charge in [0.05, 0.1) is 11.1 Å². The van der Waals surface area contributed by atoms with Gasteiger partial charge in [-0.2, -0.15) is 0 Å². The zero-order chi connectivity index (χ0) is 39.5. The van der Waals surface area contributed by atoms with Crippen LogP contribution in [0.1, 0.15) is 119 Å². The number of imide groups is 1. The molecule has 52 heavy (non-hydrogen) atoms. The highest BCUT2D eigenvalue weighted by atomic mass is 32.2. The monoisotopic (exact) mass is 774 g/mol. The van der Waals surface area contributed by atoms with Crippen LogP contribution >= 0.6 is 23.5 Å². The average molecular weight is 775 g/mol. The first-order chi connectivity index (χ1) is 24.7. The first kappa shape index (κ1) is 48.7. The molecule has 15 nitrogen and oxygen atoms in total. The molecule has 7 amide bonds. The third-order valence-corrected chi connectivity index (χ3v) is 10.0. The molecule has 298 valence electrons. The summed E-state index contributed by atoms with van der Waals surface area (Å²) in [6.07, 6.45) is 8.04. The Hall–Kier alpha value is -3.34. The van der Waals surface area contributed by atoms with E-state index in [1.807, 2.05) is 13.8 Å². The fourth-order valence-corrected chi connectivity index (χ4v) is 6.80. The number of thioether (sulfide) groups is 2. The summed E-state index contributed by atoms with van der Waals surface area (Å²) in [6.45, 7) is 11.4. The molecular formula is C35H62N6O9S2. The van der Waals surface area contributed by atoms with Crippen molar-refractivity contribution < 1.29 is 43.5 Å². The first-order valence-corrected chi connectivity index (χ1v) is 20.5. The van der Waals surface area contributed by atoms with Crippen LogP contribution in [0.2, 0.25) is 0 Å². The smallest absolute Gasteiger partial charge is 0.303 e. The molecule has 0 aliphatic carbocycles. The number of nitrogens with one attached hydrogen (secondary N) is 5. The fraction of sp³-hybridized carbons (Fsp3) is 0.771. The normalized spacial score (nSPS) is 15.5. The predicted octanol–water partition coefficient (Wildman–Crippen LogP) is 2.70. The van der Waals surface area contributed by atoms with Crippen LogP contribution in [0.5, 0.6) is 0 Å². The van der Waals surface area contributed by atoms with E-state index in [2.05, 4.69) is 40.4 Å². The molecule has 0 radical (unpaired) electrons. The van der Waals surface area contributed by atoms with E-state index in [-0.39, 0.29) is 59.7 Å². The van der Waals surface area contributed by atoms with Crippen LogP contribution in [-0.4, -0.2) is 111 Å². The molecule has 17 heteroatoms. The van der Waals surface area contributed by atoms with Gasteiger partial charge >= 0.3 is 5.97 Å². The van der Waals surface area contributed by atoms with Gasteiger partial charge in [-0.15, -0.1) is 23.5 Å². The molecule has 1 aliphatic heterocycles. The SMILES string of the molecule is CC(NC=O)C(=O)NC(C)C(=O)NCSCCCCCC(=O)O.CCCC(CC)NC(=O)CCCN1C(=O)CC(SCCCC(=O)NC(C)C)C1=O. The molecule has 1 saturated heterocycles. The second-order valence-corrected chi connectivity index (χ2v) is 15.3. The van der Waals surface area contributed by atoms with E-state index < -0.39 is 24.0 Å². The van der Waals surface area contributed by atoms with Gasteiger partial charge in [0.25, 0.3) is 0 Å². The predicted molar refractivity (Wildman–Crippen MR) is 204 cm³/mol. The van der Waals surface area contributed by atoms with Crippen LogP contribution in [0, 0.1) is 0 Å². The molecule has 0 bridgehead atoms. The Morgan fingerprint density at radius 3 is 2.13 bits per heavy atom. The van der Waals surface area contributed by atoms with Gasteiger partial charge in [-0.1, -0.05) is 26.7 Å². The number of hydrogen-bond acceptors (Lipinski definition) is 10. The van der Waals surface area contributed by atoms with Crippen LogP contribution < -0.4 is 26.6 Å². The summed E-state index contributed by atoms with van der Waals surface area (Å²) in [5.41, 5.74) is 0. The molecule has 1 heterocycles. The number of aliphatic carboxylic acids is 1. The Morgan fingerprint density at radius 1 is 0.846 bits per heavy atom. The van der Waals surface area contributed by atoms with Crippen molar-refractivity contribution in [3.8, 4) is 0 Å². The molecule has 0 spiro atoms. The number of likely N-dealkylation sites (tertiary alicyclic amines) is 1. The van der Waals surface area contributed by atoms with Gasteiger partial charge in [0.1, 0.15) is 12.1 Å². The van der Waals surface area contributed by atoms with Crippen molar-refractivity contribution in [2.24, 2.45) is 0 Å². The maximum atomic E-state index is 12.5. The van der Waals surface area contributed by atoms with E-state index in [9.17, 15) is 38.4 Å². The van der Waals surface area contributed by atoms with E-state index >= 15 is 0 Å². The Kier molecular flexibility index (Phi) is 27.3. The highest BCUT2D eigenvalue weighted by Crippen LogP contribution is 2.26. The molecule has 0 aromatic heterocycles. The van der Waals surface area contributed by atoms with Crippen molar-refractivity contribution in [3.63, 3.8) is 0 Å². The van der Waals surface area contributed by atoms with Crippen LogP contribution in [0.4, 0.5) is 0 Å². The van der Waals surface area contributed by atoms with Gasteiger partial charge in [0.15, 0.2) is 0 Å². The minimum atomic E-state index is -0.779. The second-order valence-electron chi connectivity index (χ2n) is 12.9. The molecule has 6 N–H and O–H groups in total. The van der Waals surface area contributed by atoms with Gasteiger partial charge in [-0.3, -0.25) is 43.3 Å². The fourth-order valence-electron chi connectivity index (χ4n) is 4.88. The number of nitrogens with zero attached hydrogens (tertiary/aromatic N) is 1. The molecule has 0 aromatic carbocycles. The highest BCUT2D eigenvalue weighted by molar-refractivity contribution is 8.00. The summed E-state index contributed by atoms with van der Waals surface area (Å²) < 4.78 is 0. The average Bonchev–Trinajstić information content (AvgIpc) is 3.34. The third-order valence-electron chi connectivity index (χ3n) is 7.79. The van der Waals surface area contributed by atoms with Crippen molar-refractivity contribution in [3.05, 3.63) is 0 Å². The van der Waals surface area contributed by atoms with E-state index in [4.69, 9.17) is 5.11 Å². The second kappa shape index (κ2) is 29.2. The summed E-state index contributed by atoms with van der Waals surface area (Å²) in [5.74, 6) is 0.0999. The summed E-state index contributed by atoms with van der Waals surface area (Å²) in [4.78, 5) is 93.6. The number of hydrogen-bond donors (Lipinski definition) is 6. The lowest BCUT2D eigenvalue weighted by molar-refractivity contribution is -0.139. The Balaban J connectivity index is 0.00000103. The molecule has 1 rings (SSSR count). The lowest BCUT2D eigenvalue weighted by Gasteiger charge is -2.17. The van der Waals surface area contributed by atoms with Gasteiger partial charge in [-0.25, -0.2) is 0 Å². The number of carbonyl (C=O) groups is 8. The maximum Gasteiger partial charge on any atom is 0.303 e. The molecule has 1 aliphatic rings. The van der Waals surface area contributed by atoms with Crippen molar-refractivity contribution in [1.82, 2.24) is 31.5 Å². The lowest BCUT2D eigenvalue weighted by atomic mass is 10.1. The quantitative estimate of drug-likeness (QED) is 0.0308. The molecule has 1 fully saturated rings. The topological polar surface area (TPSA) is 220 Å². The van der Waals surface area contributed by atoms with Gasteiger partial charge in [0, 0.05) is 44.3 Å². The molecule has 4 unspecified atom stereocenters. The standard InChI is InChI=1S/C21H37N3O4S.C14H25N3O5S/c1-5-9-16(6-2)23-19(26)10-7-12-24-20(27)14-17(21(24)28)29-13-8-11-18(25)22-15(3)4;1-10(15-8-18)14(22)17-11(2)13(21)16-9-23-7-5-3-4-6-12(19)20/h15-17H,5-14H2,1-4H3,(H,22,25)(H,23,26);8,10-11H,3-7,9H2,1-2H3,(H,15,18)(H,16,21)(H,17,22)(H,19,20). The molecular weight excluding hydrogens is 713 g/mol. The van der Waals surface area contributed by atoms with Crippen LogP contribution in [0.3, 0.4) is 0 Å². The lowest BCUT2D eigenvalue weighted by Crippen LogP contribution is -2.50. The van der Waals surface area contributed by atoms with E-state index in [0.29, 0.717) is 56.7 Å².